The minimum Gasteiger partial charge on any atom is -0.462 e. The maximum absolute atomic E-state index is 10.9. The van der Waals surface area contributed by atoms with E-state index in [2.05, 4.69) is 4.74 Å². The molecule has 0 aromatic rings. The first-order valence-corrected chi connectivity index (χ1v) is 5.33. The molecule has 3 atom stereocenters. The van der Waals surface area contributed by atoms with E-state index in [1.54, 1.807) is 0 Å². The van der Waals surface area contributed by atoms with Crippen LogP contribution >= 0.6 is 0 Å². The molecule has 0 aliphatic heterocycles. The van der Waals surface area contributed by atoms with Gasteiger partial charge < -0.3 is 19.3 Å². The highest BCUT2D eigenvalue weighted by molar-refractivity contribution is 5.68. The second kappa shape index (κ2) is 8.05. The van der Waals surface area contributed by atoms with Gasteiger partial charge in [-0.3, -0.25) is 14.4 Å². The zero-order valence-corrected chi connectivity index (χ0v) is 10.8. The smallest absolute Gasteiger partial charge is 0.303 e. The number of nitrogens with zero attached hydrogens (tertiary/aromatic N) is 1. The Bertz CT molecular complexity index is 387. The lowest BCUT2D eigenvalue weighted by molar-refractivity contribution is -0.179. The second-order valence-electron chi connectivity index (χ2n) is 3.60. The summed E-state index contributed by atoms with van der Waals surface area (Å²) in [6.07, 6.45) is -4.42. The van der Waals surface area contributed by atoms with Gasteiger partial charge in [0.15, 0.2) is 18.3 Å². The number of ether oxygens (including phenoxy) is 3. The lowest BCUT2D eigenvalue weighted by Crippen LogP contribution is -2.45. The van der Waals surface area contributed by atoms with Crippen molar-refractivity contribution in [2.75, 3.05) is 6.61 Å². The Morgan fingerprint density at radius 1 is 1.11 bits per heavy atom. The maximum Gasteiger partial charge on any atom is 0.303 e. The normalized spacial score (nSPS) is 14.5. The zero-order valence-electron chi connectivity index (χ0n) is 10.8. The highest BCUT2D eigenvalue weighted by Gasteiger charge is 2.34. The molecule has 8 heteroatoms. The Morgan fingerprint density at radius 2 is 1.63 bits per heavy atom. The van der Waals surface area contributed by atoms with Crippen molar-refractivity contribution in [1.29, 1.82) is 5.26 Å². The van der Waals surface area contributed by atoms with Crippen molar-refractivity contribution in [2.45, 2.75) is 39.1 Å². The molecule has 0 aromatic heterocycles. The van der Waals surface area contributed by atoms with Crippen molar-refractivity contribution in [2.24, 2.45) is 0 Å². The molecule has 19 heavy (non-hydrogen) atoms. The third kappa shape index (κ3) is 7.00. The van der Waals surface area contributed by atoms with E-state index in [9.17, 15) is 19.5 Å². The average molecular weight is 273 g/mol. The standard InChI is InChI=1S/C11H15NO7/c1-6(13)17-5-10(18-7(2)14)11(9(16)4-12)19-8(3)15/h9-11,16H,5H2,1-3H3. The predicted molar refractivity (Wildman–Crippen MR) is 59.4 cm³/mol. The van der Waals surface area contributed by atoms with Crippen LogP contribution in [0.15, 0.2) is 0 Å². The lowest BCUT2D eigenvalue weighted by Gasteiger charge is -2.26. The van der Waals surface area contributed by atoms with Crippen LogP contribution in [0.3, 0.4) is 0 Å². The number of carbonyl (C=O) groups excluding carboxylic acids is 3. The van der Waals surface area contributed by atoms with Gasteiger partial charge in [0.05, 0.1) is 6.07 Å². The van der Waals surface area contributed by atoms with E-state index in [-0.39, 0.29) is 0 Å². The number of esters is 3. The number of carbonyl (C=O) groups is 3. The van der Waals surface area contributed by atoms with Crippen molar-refractivity contribution < 1.29 is 33.7 Å². The summed E-state index contributed by atoms with van der Waals surface area (Å²) < 4.78 is 14.1. The molecule has 0 fully saturated rings. The quantitative estimate of drug-likeness (QED) is 0.382. The first kappa shape index (κ1) is 16.9. The molecular formula is C11H15NO7. The molecule has 0 bridgehead atoms. The van der Waals surface area contributed by atoms with Crippen LogP contribution in [0, 0.1) is 11.3 Å². The number of hydrogen-bond donors (Lipinski definition) is 1. The van der Waals surface area contributed by atoms with Crippen molar-refractivity contribution >= 4 is 17.9 Å². The fourth-order valence-corrected chi connectivity index (χ4v) is 1.22. The lowest BCUT2D eigenvalue weighted by atomic mass is 10.1. The topological polar surface area (TPSA) is 123 Å². The van der Waals surface area contributed by atoms with Gasteiger partial charge in [0.1, 0.15) is 6.61 Å². The number of nitriles is 1. The Morgan fingerprint density at radius 3 is 2.00 bits per heavy atom. The molecular weight excluding hydrogens is 258 g/mol. The summed E-state index contributed by atoms with van der Waals surface area (Å²) in [6, 6.07) is 1.46. The van der Waals surface area contributed by atoms with E-state index in [0.717, 1.165) is 20.8 Å². The van der Waals surface area contributed by atoms with Crippen molar-refractivity contribution in [1.82, 2.24) is 0 Å². The van der Waals surface area contributed by atoms with Gasteiger partial charge in [0, 0.05) is 20.8 Å². The van der Waals surface area contributed by atoms with Crippen molar-refractivity contribution in [3.8, 4) is 6.07 Å². The molecule has 106 valence electrons. The molecule has 0 aliphatic rings. The Hall–Kier alpha value is -2.14. The van der Waals surface area contributed by atoms with E-state index in [1.165, 1.54) is 6.07 Å². The van der Waals surface area contributed by atoms with Gasteiger partial charge in [-0.05, 0) is 0 Å². The summed E-state index contributed by atoms with van der Waals surface area (Å²) in [6.45, 7) is 2.84. The van der Waals surface area contributed by atoms with E-state index >= 15 is 0 Å². The number of aliphatic hydroxyl groups excluding tert-OH is 1. The van der Waals surface area contributed by atoms with Crippen LogP contribution in [0.1, 0.15) is 20.8 Å². The second-order valence-corrected chi connectivity index (χ2v) is 3.60. The van der Waals surface area contributed by atoms with E-state index in [0.29, 0.717) is 0 Å². The average Bonchev–Trinajstić information content (AvgIpc) is 2.29. The van der Waals surface area contributed by atoms with Crippen LogP contribution in [0.2, 0.25) is 0 Å². The highest BCUT2D eigenvalue weighted by Crippen LogP contribution is 2.11. The minimum absolute atomic E-state index is 0.439. The Labute approximate surface area is 109 Å². The van der Waals surface area contributed by atoms with Gasteiger partial charge >= 0.3 is 17.9 Å². The first-order chi connectivity index (χ1) is 8.77. The third-order valence-electron chi connectivity index (χ3n) is 1.88. The van der Waals surface area contributed by atoms with Crippen LogP contribution in [0.4, 0.5) is 0 Å². The van der Waals surface area contributed by atoms with Gasteiger partial charge in [0.25, 0.3) is 0 Å². The van der Waals surface area contributed by atoms with Crippen molar-refractivity contribution in [3.63, 3.8) is 0 Å². The molecule has 0 radical (unpaired) electrons. The van der Waals surface area contributed by atoms with Crippen LogP contribution in [0.5, 0.6) is 0 Å². The number of hydrogen-bond acceptors (Lipinski definition) is 8. The first-order valence-electron chi connectivity index (χ1n) is 5.33. The molecule has 0 spiro atoms. The van der Waals surface area contributed by atoms with E-state index < -0.39 is 42.8 Å². The SMILES string of the molecule is CC(=O)OCC(OC(C)=O)C(OC(C)=O)C(O)C#N. The fraction of sp³-hybridized carbons (Fsp3) is 0.636. The number of aliphatic hydroxyl groups is 1. The number of rotatable bonds is 6. The third-order valence-corrected chi connectivity index (χ3v) is 1.88. The molecule has 3 unspecified atom stereocenters. The summed E-state index contributed by atoms with van der Waals surface area (Å²) in [5.41, 5.74) is 0. The van der Waals surface area contributed by atoms with Gasteiger partial charge in [-0.1, -0.05) is 0 Å². The molecule has 0 aliphatic carbocycles. The van der Waals surface area contributed by atoms with Crippen molar-refractivity contribution in [3.05, 3.63) is 0 Å². The van der Waals surface area contributed by atoms with E-state index in [4.69, 9.17) is 14.7 Å². The zero-order chi connectivity index (χ0) is 15.0. The van der Waals surface area contributed by atoms with Crippen LogP contribution in [-0.4, -0.2) is 47.9 Å². The van der Waals surface area contributed by atoms with Crippen LogP contribution in [-0.2, 0) is 28.6 Å². The van der Waals surface area contributed by atoms with Gasteiger partial charge in [0.2, 0.25) is 0 Å². The molecule has 0 rings (SSSR count). The summed E-state index contributed by atoms with van der Waals surface area (Å²) in [5.74, 6) is -2.16. The van der Waals surface area contributed by atoms with E-state index in [1.807, 2.05) is 0 Å². The Kier molecular flexibility index (Phi) is 7.14. The van der Waals surface area contributed by atoms with Gasteiger partial charge in [-0.15, -0.1) is 0 Å². The molecule has 1 N–H and O–H groups in total. The fourth-order valence-electron chi connectivity index (χ4n) is 1.22. The molecule has 0 heterocycles. The summed E-state index contributed by atoms with van der Waals surface area (Å²) >= 11 is 0. The molecule has 0 aromatic carbocycles. The largest absolute Gasteiger partial charge is 0.462 e. The highest BCUT2D eigenvalue weighted by atomic mass is 16.6. The minimum atomic E-state index is -1.72. The molecule has 0 amide bonds. The molecule has 8 nitrogen and oxygen atoms in total. The molecule has 0 saturated heterocycles. The Balaban J connectivity index is 4.98. The van der Waals surface area contributed by atoms with Crippen LogP contribution in [0.25, 0.3) is 0 Å². The maximum atomic E-state index is 10.9. The summed E-state index contributed by atoms with van der Waals surface area (Å²) in [7, 11) is 0. The van der Waals surface area contributed by atoms with Crippen LogP contribution < -0.4 is 0 Å². The summed E-state index contributed by atoms with van der Waals surface area (Å²) in [5, 5.41) is 18.1. The van der Waals surface area contributed by atoms with Gasteiger partial charge in [-0.25, -0.2) is 0 Å². The predicted octanol–water partition coefficient (Wildman–Crippen LogP) is -0.703. The summed E-state index contributed by atoms with van der Waals surface area (Å²) in [4.78, 5) is 32.6. The van der Waals surface area contributed by atoms with Gasteiger partial charge in [-0.2, -0.15) is 5.26 Å². The molecule has 0 saturated carbocycles. The monoisotopic (exact) mass is 273 g/mol.